The van der Waals surface area contributed by atoms with Gasteiger partial charge in [0, 0.05) is 12.1 Å². The molecule has 1 N–H and O–H groups in total. The number of hydrogen-bond acceptors (Lipinski definition) is 3. The molecule has 0 radical (unpaired) electrons. The summed E-state index contributed by atoms with van der Waals surface area (Å²) in [6, 6.07) is 10.4. The van der Waals surface area contributed by atoms with Crippen molar-refractivity contribution in [3.8, 4) is 11.5 Å². The van der Waals surface area contributed by atoms with Gasteiger partial charge < -0.3 is 14.8 Å². The van der Waals surface area contributed by atoms with E-state index in [-0.39, 0.29) is 12.4 Å². The molecule has 3 nitrogen and oxygen atoms in total. The van der Waals surface area contributed by atoms with Gasteiger partial charge in [-0.15, -0.1) is 0 Å². The van der Waals surface area contributed by atoms with Crippen LogP contribution >= 0.6 is 11.6 Å². The molecule has 0 fully saturated rings. The maximum absolute atomic E-state index is 13.9. The highest BCUT2D eigenvalue weighted by Crippen LogP contribution is 2.37. The first-order valence-corrected chi connectivity index (χ1v) is 10.7. The number of ether oxygens (including phenoxy) is 2. The van der Waals surface area contributed by atoms with Crippen molar-refractivity contribution in [1.82, 2.24) is 5.32 Å². The fraction of sp³-hybridized carbons (Fsp3) is 0.417. The molecule has 1 aliphatic carbocycles. The maximum atomic E-state index is 13.9. The molecule has 1 aliphatic rings. The van der Waals surface area contributed by atoms with Crippen LogP contribution in [0.3, 0.4) is 0 Å². The fourth-order valence-corrected chi connectivity index (χ4v) is 3.79. The smallest absolute Gasteiger partial charge is 0.180 e. The van der Waals surface area contributed by atoms with E-state index in [2.05, 4.69) is 11.4 Å². The summed E-state index contributed by atoms with van der Waals surface area (Å²) in [5, 5.41) is 3.96. The van der Waals surface area contributed by atoms with Crippen LogP contribution in [0.15, 0.2) is 48.0 Å². The maximum Gasteiger partial charge on any atom is 0.180 e. The van der Waals surface area contributed by atoms with Gasteiger partial charge in [0.2, 0.25) is 0 Å². The predicted molar refractivity (Wildman–Crippen MR) is 116 cm³/mol. The monoisotopic (exact) mass is 417 g/mol. The molecule has 0 unspecified atom stereocenters. The molecule has 2 aromatic rings. The Morgan fingerprint density at radius 1 is 1.14 bits per heavy atom. The normalized spacial score (nSPS) is 13.8. The Balaban J connectivity index is 1.61. The molecule has 0 aromatic heterocycles. The van der Waals surface area contributed by atoms with Gasteiger partial charge in [0.15, 0.2) is 11.5 Å². The summed E-state index contributed by atoms with van der Waals surface area (Å²) in [6.07, 6.45) is 8.56. The van der Waals surface area contributed by atoms with E-state index in [0.29, 0.717) is 35.2 Å². The number of allylic oxidation sites excluding steroid dienone is 1. The van der Waals surface area contributed by atoms with Gasteiger partial charge in [0.1, 0.15) is 12.4 Å². The highest BCUT2D eigenvalue weighted by Gasteiger charge is 2.14. The molecular weight excluding hydrogens is 389 g/mol. The van der Waals surface area contributed by atoms with Crippen LogP contribution in [0.4, 0.5) is 4.39 Å². The van der Waals surface area contributed by atoms with Crippen molar-refractivity contribution in [2.24, 2.45) is 0 Å². The third-order valence-corrected chi connectivity index (χ3v) is 5.32. The van der Waals surface area contributed by atoms with Crippen LogP contribution in [-0.4, -0.2) is 13.2 Å². The van der Waals surface area contributed by atoms with Gasteiger partial charge in [-0.3, -0.25) is 0 Å². The number of hydrogen-bond donors (Lipinski definition) is 1. The molecule has 0 spiro atoms. The highest BCUT2D eigenvalue weighted by atomic mass is 35.5. The van der Waals surface area contributed by atoms with Crippen molar-refractivity contribution >= 4 is 11.6 Å². The number of benzene rings is 2. The second-order valence-electron chi connectivity index (χ2n) is 7.25. The highest BCUT2D eigenvalue weighted by molar-refractivity contribution is 6.32. The molecule has 0 amide bonds. The zero-order valence-corrected chi connectivity index (χ0v) is 17.7. The molecule has 2 aromatic carbocycles. The van der Waals surface area contributed by atoms with E-state index in [1.807, 2.05) is 19.1 Å². The van der Waals surface area contributed by atoms with Gasteiger partial charge in [0.05, 0.1) is 11.6 Å². The molecule has 156 valence electrons. The molecule has 0 saturated carbocycles. The first kappa shape index (κ1) is 21.7. The summed E-state index contributed by atoms with van der Waals surface area (Å²) in [7, 11) is 0. The first-order chi connectivity index (χ1) is 14.2. The molecule has 0 saturated heterocycles. The van der Waals surface area contributed by atoms with Crippen molar-refractivity contribution in [3.63, 3.8) is 0 Å². The van der Waals surface area contributed by atoms with Crippen LogP contribution in [0, 0.1) is 5.82 Å². The molecule has 29 heavy (non-hydrogen) atoms. The lowest BCUT2D eigenvalue weighted by Gasteiger charge is -2.16. The van der Waals surface area contributed by atoms with Crippen LogP contribution in [0.5, 0.6) is 11.5 Å². The summed E-state index contributed by atoms with van der Waals surface area (Å²) in [6.45, 7) is 4.16. The van der Waals surface area contributed by atoms with Gasteiger partial charge in [0.25, 0.3) is 0 Å². The summed E-state index contributed by atoms with van der Waals surface area (Å²) in [5.74, 6) is 0.742. The van der Waals surface area contributed by atoms with Crippen LogP contribution in [0.2, 0.25) is 5.02 Å². The van der Waals surface area contributed by atoms with Gasteiger partial charge >= 0.3 is 0 Å². The molecular formula is C24H29ClFNO2. The minimum atomic E-state index is -0.296. The Kier molecular flexibility index (Phi) is 8.38. The average molecular weight is 418 g/mol. The van der Waals surface area contributed by atoms with Crippen molar-refractivity contribution in [2.45, 2.75) is 52.2 Å². The lowest BCUT2D eigenvalue weighted by atomic mass is 9.97. The van der Waals surface area contributed by atoms with Crippen molar-refractivity contribution in [2.75, 3.05) is 13.2 Å². The topological polar surface area (TPSA) is 30.5 Å². The second-order valence-corrected chi connectivity index (χ2v) is 7.66. The molecule has 5 heteroatoms. The average Bonchev–Trinajstić information content (AvgIpc) is 2.73. The van der Waals surface area contributed by atoms with Crippen molar-refractivity contribution in [1.29, 1.82) is 0 Å². The second kappa shape index (κ2) is 11.2. The quantitative estimate of drug-likeness (QED) is 0.356. The molecule has 3 rings (SSSR count). The number of halogens is 2. The Morgan fingerprint density at radius 3 is 2.76 bits per heavy atom. The first-order valence-electron chi connectivity index (χ1n) is 10.4. The molecule has 0 atom stereocenters. The van der Waals surface area contributed by atoms with Crippen LogP contribution in [0.25, 0.3) is 0 Å². The van der Waals surface area contributed by atoms with Gasteiger partial charge in [-0.1, -0.05) is 41.4 Å². The van der Waals surface area contributed by atoms with E-state index in [4.69, 9.17) is 21.1 Å². The molecule has 0 heterocycles. The minimum Gasteiger partial charge on any atom is -0.490 e. The minimum absolute atomic E-state index is 0.0964. The summed E-state index contributed by atoms with van der Waals surface area (Å²) >= 11 is 6.48. The largest absolute Gasteiger partial charge is 0.490 e. The Labute approximate surface area is 177 Å². The third kappa shape index (κ3) is 6.48. The number of rotatable bonds is 10. The predicted octanol–water partition coefficient (Wildman–Crippen LogP) is 6.44. The van der Waals surface area contributed by atoms with E-state index < -0.39 is 0 Å². The standard InChI is InChI=1S/C24H29ClFNO2/c1-2-28-23-15-19(16-27-13-12-18-8-4-3-5-9-18)14-21(25)24(23)29-17-20-10-6-7-11-22(20)26/h6-8,10-11,14-15,27H,2-5,9,12-13,16-17H2,1H3. The van der Waals surface area contributed by atoms with Crippen LogP contribution in [0.1, 0.15) is 50.2 Å². The van der Waals surface area contributed by atoms with E-state index in [9.17, 15) is 4.39 Å². The molecule has 0 bridgehead atoms. The summed E-state index contributed by atoms with van der Waals surface area (Å²) < 4.78 is 25.4. The molecule has 0 aliphatic heterocycles. The van der Waals surface area contributed by atoms with Gasteiger partial charge in [-0.25, -0.2) is 4.39 Å². The van der Waals surface area contributed by atoms with E-state index in [1.165, 1.54) is 31.7 Å². The number of nitrogens with one attached hydrogen (secondary N) is 1. The SMILES string of the molecule is CCOc1cc(CNCCC2=CCCCC2)cc(Cl)c1OCc1ccccc1F. The third-order valence-electron chi connectivity index (χ3n) is 5.04. The van der Waals surface area contributed by atoms with E-state index in [1.54, 1.807) is 23.8 Å². The zero-order chi connectivity index (χ0) is 20.5. The van der Waals surface area contributed by atoms with Crippen molar-refractivity contribution < 1.29 is 13.9 Å². The van der Waals surface area contributed by atoms with Crippen molar-refractivity contribution in [3.05, 3.63) is 70.0 Å². The Morgan fingerprint density at radius 2 is 2.00 bits per heavy atom. The van der Waals surface area contributed by atoms with E-state index in [0.717, 1.165) is 18.5 Å². The zero-order valence-electron chi connectivity index (χ0n) is 17.0. The fourth-order valence-electron chi connectivity index (χ4n) is 3.51. The lowest BCUT2D eigenvalue weighted by molar-refractivity contribution is 0.266. The summed E-state index contributed by atoms with van der Waals surface area (Å²) in [5.41, 5.74) is 3.08. The van der Waals surface area contributed by atoms with Crippen LogP contribution < -0.4 is 14.8 Å². The van der Waals surface area contributed by atoms with Crippen LogP contribution in [-0.2, 0) is 13.2 Å². The van der Waals surface area contributed by atoms with E-state index >= 15 is 0 Å². The Hall–Kier alpha value is -2.04. The van der Waals surface area contributed by atoms with Gasteiger partial charge in [-0.2, -0.15) is 0 Å². The summed E-state index contributed by atoms with van der Waals surface area (Å²) in [4.78, 5) is 0. The van der Waals surface area contributed by atoms with Gasteiger partial charge in [-0.05, 0) is 69.3 Å². The Bertz CT molecular complexity index is 838. The lowest BCUT2D eigenvalue weighted by Crippen LogP contribution is -2.16.